The molecule has 0 radical (unpaired) electrons. The summed E-state index contributed by atoms with van der Waals surface area (Å²) in [7, 11) is -3.55. The topological polar surface area (TPSA) is 89.7 Å². The van der Waals surface area contributed by atoms with Crippen molar-refractivity contribution in [3.05, 3.63) is 46.7 Å². The molecule has 0 bridgehead atoms. The highest BCUT2D eigenvalue weighted by Crippen LogP contribution is 2.37. The molecule has 1 aliphatic heterocycles. The van der Waals surface area contributed by atoms with Crippen LogP contribution in [0.5, 0.6) is 5.75 Å². The number of thiophene rings is 1. The first-order valence-corrected chi connectivity index (χ1v) is 11.5. The number of sulfonamides is 1. The van der Waals surface area contributed by atoms with Crippen LogP contribution in [0.2, 0.25) is 0 Å². The van der Waals surface area contributed by atoms with E-state index in [2.05, 4.69) is 11.4 Å². The highest BCUT2D eigenvalue weighted by molar-refractivity contribution is 7.99. The van der Waals surface area contributed by atoms with Crippen molar-refractivity contribution in [2.24, 2.45) is 5.73 Å². The van der Waals surface area contributed by atoms with Crippen LogP contribution < -0.4 is 10.5 Å². The molecule has 2 N–H and O–H groups in total. The van der Waals surface area contributed by atoms with Crippen LogP contribution in [0, 0.1) is 0 Å². The lowest BCUT2D eigenvalue weighted by molar-refractivity contribution is -0.119. The van der Waals surface area contributed by atoms with Gasteiger partial charge in [0.05, 0.1) is 4.90 Å². The molecule has 1 aromatic heterocycles. The van der Waals surface area contributed by atoms with Gasteiger partial charge in [-0.25, -0.2) is 8.42 Å². The molecule has 1 fully saturated rings. The van der Waals surface area contributed by atoms with Crippen LogP contribution in [0.25, 0.3) is 0 Å². The molecule has 0 spiro atoms. The van der Waals surface area contributed by atoms with Crippen LogP contribution in [0.3, 0.4) is 0 Å². The molecule has 140 valence electrons. The zero-order valence-corrected chi connectivity index (χ0v) is 16.5. The minimum atomic E-state index is -3.55. The summed E-state index contributed by atoms with van der Waals surface area (Å²) in [6.07, 6.45) is 0.796. The first-order valence-electron chi connectivity index (χ1n) is 8.13. The number of nitrogens with zero attached hydrogens (tertiary/aromatic N) is 1. The van der Waals surface area contributed by atoms with Gasteiger partial charge in [0.25, 0.3) is 5.91 Å². The van der Waals surface area contributed by atoms with Crippen molar-refractivity contribution in [1.82, 2.24) is 4.31 Å². The van der Waals surface area contributed by atoms with Crippen LogP contribution in [-0.2, 0) is 14.8 Å². The van der Waals surface area contributed by atoms with Gasteiger partial charge in [0.1, 0.15) is 5.75 Å². The van der Waals surface area contributed by atoms with Gasteiger partial charge >= 0.3 is 0 Å². The number of rotatable bonds is 6. The van der Waals surface area contributed by atoms with E-state index in [1.807, 2.05) is 17.8 Å². The van der Waals surface area contributed by atoms with Crippen LogP contribution >= 0.6 is 23.1 Å². The number of ether oxygens (including phenoxy) is 1. The van der Waals surface area contributed by atoms with Crippen molar-refractivity contribution >= 4 is 39.0 Å². The molecule has 2 heterocycles. The van der Waals surface area contributed by atoms with Crippen molar-refractivity contribution in [3.63, 3.8) is 0 Å². The predicted molar refractivity (Wildman–Crippen MR) is 104 cm³/mol. The molecule has 1 atom stereocenters. The second-order valence-electron chi connectivity index (χ2n) is 5.79. The SMILES string of the molecule is NC(=O)COc1ccc(S(=O)(=O)N2CCSC(c3cccs3)CC2)cc1. The Morgan fingerprint density at radius 3 is 2.65 bits per heavy atom. The molecule has 0 saturated carbocycles. The molecule has 26 heavy (non-hydrogen) atoms. The third-order valence-corrected chi connectivity index (χ3v) is 8.36. The molecule has 1 unspecified atom stereocenters. The highest BCUT2D eigenvalue weighted by Gasteiger charge is 2.28. The fraction of sp³-hybridized carbons (Fsp3) is 0.353. The Morgan fingerprint density at radius 1 is 1.23 bits per heavy atom. The van der Waals surface area contributed by atoms with E-state index in [4.69, 9.17) is 10.5 Å². The Labute approximate surface area is 161 Å². The lowest BCUT2D eigenvalue weighted by atomic mass is 10.2. The maximum atomic E-state index is 12.9. The van der Waals surface area contributed by atoms with Gasteiger partial charge in [0.15, 0.2) is 6.61 Å². The zero-order valence-electron chi connectivity index (χ0n) is 14.0. The van der Waals surface area contributed by atoms with Gasteiger partial charge in [-0.1, -0.05) is 6.07 Å². The number of amides is 1. The quantitative estimate of drug-likeness (QED) is 0.787. The van der Waals surface area contributed by atoms with E-state index in [9.17, 15) is 13.2 Å². The van der Waals surface area contributed by atoms with Crippen molar-refractivity contribution in [1.29, 1.82) is 0 Å². The molecule has 6 nitrogen and oxygen atoms in total. The minimum absolute atomic E-state index is 0.225. The van der Waals surface area contributed by atoms with Gasteiger partial charge in [0, 0.05) is 29.0 Å². The van der Waals surface area contributed by atoms with E-state index < -0.39 is 15.9 Å². The van der Waals surface area contributed by atoms with E-state index in [-0.39, 0.29) is 11.5 Å². The Balaban J connectivity index is 1.68. The van der Waals surface area contributed by atoms with E-state index in [0.717, 1.165) is 12.2 Å². The van der Waals surface area contributed by atoms with Gasteiger partial charge in [-0.3, -0.25) is 4.79 Å². The second kappa shape index (κ2) is 8.43. The highest BCUT2D eigenvalue weighted by atomic mass is 32.2. The average Bonchev–Trinajstić information content (AvgIpc) is 3.04. The van der Waals surface area contributed by atoms with E-state index >= 15 is 0 Å². The van der Waals surface area contributed by atoms with Gasteiger partial charge < -0.3 is 10.5 Å². The van der Waals surface area contributed by atoms with Crippen LogP contribution in [0.4, 0.5) is 0 Å². The number of hydrogen-bond acceptors (Lipinski definition) is 6. The molecule has 1 aliphatic rings. The molecule has 9 heteroatoms. The molecular weight excluding hydrogens is 392 g/mol. The van der Waals surface area contributed by atoms with Crippen molar-refractivity contribution in [2.75, 3.05) is 25.4 Å². The summed E-state index contributed by atoms with van der Waals surface area (Å²) in [6.45, 7) is 0.756. The summed E-state index contributed by atoms with van der Waals surface area (Å²) in [6, 6.07) is 10.2. The molecule has 1 amide bonds. The third kappa shape index (κ3) is 4.59. The number of carbonyl (C=O) groups excluding carboxylic acids is 1. The minimum Gasteiger partial charge on any atom is -0.484 e. The van der Waals surface area contributed by atoms with E-state index in [0.29, 0.717) is 24.1 Å². The summed E-state index contributed by atoms with van der Waals surface area (Å²) in [5, 5.41) is 2.40. The molecular formula is C17H20N2O4S3. The molecule has 2 aromatic rings. The summed E-state index contributed by atoms with van der Waals surface area (Å²) < 4.78 is 32.5. The number of carbonyl (C=O) groups is 1. The first kappa shape index (κ1) is 19.2. The van der Waals surface area contributed by atoms with E-state index in [1.54, 1.807) is 15.6 Å². The fourth-order valence-electron chi connectivity index (χ4n) is 2.70. The zero-order chi connectivity index (χ0) is 18.6. The standard InChI is InChI=1S/C17H20N2O4S3/c18-17(20)12-23-13-3-5-14(6-4-13)26(21,22)19-8-7-16(25-11-9-19)15-2-1-10-24-15/h1-6,10,16H,7-9,11-12H2,(H2,18,20). The Morgan fingerprint density at radius 2 is 2.00 bits per heavy atom. The first-order chi connectivity index (χ1) is 12.5. The van der Waals surface area contributed by atoms with Crippen molar-refractivity contribution < 1.29 is 17.9 Å². The fourth-order valence-corrected chi connectivity index (χ4v) is 6.51. The normalized spacial score (nSPS) is 19.0. The van der Waals surface area contributed by atoms with Gasteiger partial charge in [-0.15, -0.1) is 11.3 Å². The Bertz CT molecular complexity index is 835. The second-order valence-corrected chi connectivity index (χ2v) is 10.0. The number of primary amides is 1. The molecule has 1 aromatic carbocycles. The van der Waals surface area contributed by atoms with Gasteiger partial charge in [-0.2, -0.15) is 16.1 Å². The number of nitrogens with two attached hydrogens (primary N) is 1. The lowest BCUT2D eigenvalue weighted by Gasteiger charge is -2.20. The summed E-state index contributed by atoms with van der Waals surface area (Å²) in [4.78, 5) is 12.3. The smallest absolute Gasteiger partial charge is 0.255 e. The summed E-state index contributed by atoms with van der Waals surface area (Å²) >= 11 is 3.53. The maximum Gasteiger partial charge on any atom is 0.255 e. The molecule has 3 rings (SSSR count). The van der Waals surface area contributed by atoms with Crippen LogP contribution in [0.15, 0.2) is 46.7 Å². The summed E-state index contributed by atoms with van der Waals surface area (Å²) in [5.41, 5.74) is 5.03. The lowest BCUT2D eigenvalue weighted by Crippen LogP contribution is -2.33. The van der Waals surface area contributed by atoms with Gasteiger partial charge in [0.2, 0.25) is 10.0 Å². The summed E-state index contributed by atoms with van der Waals surface area (Å²) in [5.74, 6) is 0.595. The van der Waals surface area contributed by atoms with Crippen molar-refractivity contribution in [3.8, 4) is 5.75 Å². The number of thioether (sulfide) groups is 1. The Kier molecular flexibility index (Phi) is 6.23. The number of hydrogen-bond donors (Lipinski definition) is 1. The Hall–Kier alpha value is -1.55. The molecule has 1 saturated heterocycles. The predicted octanol–water partition coefficient (Wildman–Crippen LogP) is 2.48. The largest absolute Gasteiger partial charge is 0.484 e. The number of benzene rings is 1. The maximum absolute atomic E-state index is 12.9. The van der Waals surface area contributed by atoms with Crippen LogP contribution in [0.1, 0.15) is 16.5 Å². The van der Waals surface area contributed by atoms with E-state index in [1.165, 1.54) is 29.1 Å². The molecule has 0 aliphatic carbocycles. The average molecular weight is 413 g/mol. The van der Waals surface area contributed by atoms with Crippen molar-refractivity contribution in [2.45, 2.75) is 16.6 Å². The van der Waals surface area contributed by atoms with Crippen LogP contribution in [-0.4, -0.2) is 44.1 Å². The monoisotopic (exact) mass is 412 g/mol. The third-order valence-electron chi connectivity index (χ3n) is 4.00. The van der Waals surface area contributed by atoms with Gasteiger partial charge in [-0.05, 0) is 42.1 Å².